The average molecular weight is 285 g/mol. The Morgan fingerprint density at radius 1 is 1.26 bits per heavy atom. The Bertz CT molecular complexity index is 380. The lowest BCUT2D eigenvalue weighted by atomic mass is 9.89. The number of benzene rings is 1. The van der Waals surface area contributed by atoms with Crippen molar-refractivity contribution < 1.29 is 4.74 Å². The maximum Gasteiger partial charge on any atom is 0.122 e. The normalized spacial score (nSPS) is 12.7. The Morgan fingerprint density at radius 3 is 2.53 bits per heavy atom. The summed E-state index contributed by atoms with van der Waals surface area (Å²) < 4.78 is 5.79. The second-order valence-electron chi connectivity index (χ2n) is 5.00. The molecule has 0 saturated carbocycles. The molecule has 0 aromatic heterocycles. The molecule has 1 unspecified atom stereocenters. The summed E-state index contributed by atoms with van der Waals surface area (Å²) in [6, 6.07) is 5.80. The van der Waals surface area contributed by atoms with Crippen LogP contribution in [-0.4, -0.2) is 19.7 Å². The lowest BCUT2D eigenvalue weighted by Crippen LogP contribution is -2.24. The summed E-state index contributed by atoms with van der Waals surface area (Å²) in [4.78, 5) is 0. The van der Waals surface area contributed by atoms with Crippen LogP contribution in [0, 0.1) is 5.92 Å². The van der Waals surface area contributed by atoms with Crippen molar-refractivity contribution in [1.29, 1.82) is 0 Å². The third-order valence-electron chi connectivity index (χ3n) is 3.32. The van der Waals surface area contributed by atoms with Crippen LogP contribution in [0.15, 0.2) is 18.2 Å². The van der Waals surface area contributed by atoms with Crippen molar-refractivity contribution >= 4 is 11.6 Å². The van der Waals surface area contributed by atoms with Crippen molar-refractivity contribution in [2.75, 3.05) is 19.7 Å². The van der Waals surface area contributed by atoms with Gasteiger partial charge in [-0.3, -0.25) is 0 Å². The highest BCUT2D eigenvalue weighted by molar-refractivity contribution is 6.30. The summed E-state index contributed by atoms with van der Waals surface area (Å²) in [6.07, 6.45) is 1.94. The molecule has 4 heteroatoms. The van der Waals surface area contributed by atoms with E-state index >= 15 is 0 Å². The van der Waals surface area contributed by atoms with Gasteiger partial charge in [0.05, 0.1) is 6.61 Å². The molecule has 0 heterocycles. The third-order valence-corrected chi connectivity index (χ3v) is 3.55. The molecule has 4 N–H and O–H groups in total. The molecule has 0 aliphatic rings. The molecule has 0 aliphatic heterocycles. The molecule has 1 rings (SSSR count). The minimum absolute atomic E-state index is 0.336. The SMILES string of the molecule is CCCOc1ccc(Cl)cc1C(C)CC(CN)CN. The first-order chi connectivity index (χ1) is 9.12. The molecule has 1 aromatic rings. The molecule has 0 radical (unpaired) electrons. The highest BCUT2D eigenvalue weighted by Gasteiger charge is 2.16. The summed E-state index contributed by atoms with van der Waals surface area (Å²) in [5.41, 5.74) is 12.6. The van der Waals surface area contributed by atoms with Gasteiger partial charge in [0.2, 0.25) is 0 Å². The monoisotopic (exact) mass is 284 g/mol. The summed E-state index contributed by atoms with van der Waals surface area (Å²) in [5, 5.41) is 0.739. The van der Waals surface area contributed by atoms with E-state index in [0.29, 0.717) is 24.9 Å². The molecule has 108 valence electrons. The standard InChI is InChI=1S/C15H25ClN2O/c1-3-6-19-15-5-4-13(16)8-14(15)11(2)7-12(9-17)10-18/h4-5,8,11-12H,3,6-7,9-10,17-18H2,1-2H3. The zero-order valence-electron chi connectivity index (χ0n) is 11.9. The lowest BCUT2D eigenvalue weighted by Gasteiger charge is -2.21. The highest BCUT2D eigenvalue weighted by Crippen LogP contribution is 2.33. The molecular weight excluding hydrogens is 260 g/mol. The van der Waals surface area contributed by atoms with Crippen molar-refractivity contribution in [3.63, 3.8) is 0 Å². The topological polar surface area (TPSA) is 61.3 Å². The van der Waals surface area contributed by atoms with Gasteiger partial charge in [0.25, 0.3) is 0 Å². The van der Waals surface area contributed by atoms with Gasteiger partial charge in [-0.05, 0) is 61.5 Å². The van der Waals surface area contributed by atoms with Crippen LogP contribution in [-0.2, 0) is 0 Å². The zero-order valence-corrected chi connectivity index (χ0v) is 12.6. The van der Waals surface area contributed by atoms with Gasteiger partial charge in [-0.15, -0.1) is 0 Å². The van der Waals surface area contributed by atoms with Crippen LogP contribution in [0.4, 0.5) is 0 Å². The summed E-state index contributed by atoms with van der Waals surface area (Å²) in [6.45, 7) is 6.22. The second-order valence-corrected chi connectivity index (χ2v) is 5.44. The van der Waals surface area contributed by atoms with E-state index in [0.717, 1.165) is 35.8 Å². The van der Waals surface area contributed by atoms with Crippen molar-refractivity contribution in [2.45, 2.75) is 32.6 Å². The van der Waals surface area contributed by atoms with Gasteiger partial charge in [0, 0.05) is 5.02 Å². The van der Waals surface area contributed by atoms with Crippen LogP contribution in [0.25, 0.3) is 0 Å². The number of halogens is 1. The van der Waals surface area contributed by atoms with Gasteiger partial charge in [0.1, 0.15) is 5.75 Å². The number of hydrogen-bond donors (Lipinski definition) is 2. The van der Waals surface area contributed by atoms with Crippen molar-refractivity contribution in [2.24, 2.45) is 17.4 Å². The summed E-state index contributed by atoms with van der Waals surface area (Å²) in [7, 11) is 0. The first kappa shape index (κ1) is 16.3. The van der Waals surface area contributed by atoms with Crippen LogP contribution in [0.5, 0.6) is 5.75 Å². The second kappa shape index (κ2) is 8.41. The predicted octanol–water partition coefficient (Wildman–Crippen LogP) is 3.16. The van der Waals surface area contributed by atoms with Gasteiger partial charge < -0.3 is 16.2 Å². The summed E-state index contributed by atoms with van der Waals surface area (Å²) >= 11 is 6.09. The Balaban J connectivity index is 2.86. The van der Waals surface area contributed by atoms with Crippen LogP contribution < -0.4 is 16.2 Å². The fourth-order valence-electron chi connectivity index (χ4n) is 2.16. The Morgan fingerprint density at radius 2 is 1.95 bits per heavy atom. The molecule has 0 spiro atoms. The minimum Gasteiger partial charge on any atom is -0.493 e. The van der Waals surface area contributed by atoms with E-state index in [4.69, 9.17) is 27.8 Å². The molecule has 0 amide bonds. The van der Waals surface area contributed by atoms with E-state index in [9.17, 15) is 0 Å². The maximum absolute atomic E-state index is 6.09. The van der Waals surface area contributed by atoms with E-state index in [1.54, 1.807) is 0 Å². The van der Waals surface area contributed by atoms with Crippen molar-refractivity contribution in [1.82, 2.24) is 0 Å². The van der Waals surface area contributed by atoms with Crippen molar-refractivity contribution in [3.8, 4) is 5.75 Å². The Kier molecular flexibility index (Phi) is 7.21. The molecule has 0 saturated heterocycles. The molecule has 0 fully saturated rings. The Hall–Kier alpha value is -0.770. The third kappa shape index (κ3) is 5.01. The molecule has 0 aliphatic carbocycles. The van der Waals surface area contributed by atoms with E-state index in [2.05, 4.69) is 13.8 Å². The maximum atomic E-state index is 6.09. The molecular formula is C15H25ClN2O. The molecule has 1 aromatic carbocycles. The number of hydrogen-bond acceptors (Lipinski definition) is 3. The average Bonchev–Trinajstić information content (AvgIpc) is 2.43. The minimum atomic E-state index is 0.336. The quantitative estimate of drug-likeness (QED) is 0.771. The molecule has 1 atom stereocenters. The zero-order chi connectivity index (χ0) is 14.3. The van der Waals surface area contributed by atoms with Crippen LogP contribution in [0.2, 0.25) is 5.02 Å². The van der Waals surface area contributed by atoms with Gasteiger partial charge >= 0.3 is 0 Å². The lowest BCUT2D eigenvalue weighted by molar-refractivity contribution is 0.310. The largest absolute Gasteiger partial charge is 0.493 e. The van der Waals surface area contributed by atoms with Crippen LogP contribution in [0.3, 0.4) is 0 Å². The predicted molar refractivity (Wildman–Crippen MR) is 81.9 cm³/mol. The van der Waals surface area contributed by atoms with E-state index < -0.39 is 0 Å². The Labute approximate surface area is 121 Å². The number of rotatable bonds is 8. The molecule has 19 heavy (non-hydrogen) atoms. The van der Waals surface area contributed by atoms with Crippen LogP contribution in [0.1, 0.15) is 38.2 Å². The first-order valence-corrected chi connectivity index (χ1v) is 7.32. The van der Waals surface area contributed by atoms with E-state index in [1.165, 1.54) is 0 Å². The fraction of sp³-hybridized carbons (Fsp3) is 0.600. The van der Waals surface area contributed by atoms with E-state index in [1.807, 2.05) is 18.2 Å². The summed E-state index contributed by atoms with van der Waals surface area (Å²) in [5.74, 6) is 1.60. The fourth-order valence-corrected chi connectivity index (χ4v) is 2.34. The molecule has 3 nitrogen and oxygen atoms in total. The van der Waals surface area contributed by atoms with Gasteiger partial charge in [-0.1, -0.05) is 25.4 Å². The number of nitrogens with two attached hydrogens (primary N) is 2. The highest BCUT2D eigenvalue weighted by atomic mass is 35.5. The van der Waals surface area contributed by atoms with Crippen molar-refractivity contribution in [3.05, 3.63) is 28.8 Å². The van der Waals surface area contributed by atoms with Gasteiger partial charge in [-0.25, -0.2) is 0 Å². The van der Waals surface area contributed by atoms with Gasteiger partial charge in [0.15, 0.2) is 0 Å². The number of ether oxygens (including phenoxy) is 1. The first-order valence-electron chi connectivity index (χ1n) is 6.94. The van der Waals surface area contributed by atoms with E-state index in [-0.39, 0.29) is 0 Å². The molecule has 0 bridgehead atoms. The van der Waals surface area contributed by atoms with Gasteiger partial charge in [-0.2, -0.15) is 0 Å². The smallest absolute Gasteiger partial charge is 0.122 e. The van der Waals surface area contributed by atoms with Crippen LogP contribution >= 0.6 is 11.6 Å².